The fourth-order valence-corrected chi connectivity index (χ4v) is 3.78. The number of H-pyrrole nitrogens is 1. The van der Waals surface area contributed by atoms with E-state index < -0.39 is 0 Å². The standard InChI is InChI=1S/C19H24ClN3O2/c1-12-16(17-10-15(20)5-6-18(17)22-12)7-8-21-19(25)14-4-3-9-23(11-14)13(2)24/h5-6,10,14,22H,3-4,7-9,11H2,1-2H3,(H,21,25)/t14-/m0/s1. The average molecular weight is 362 g/mol. The van der Waals surface area contributed by atoms with E-state index in [0.717, 1.165) is 42.4 Å². The maximum absolute atomic E-state index is 12.4. The molecule has 0 aliphatic carbocycles. The number of hydrogen-bond acceptors (Lipinski definition) is 2. The monoisotopic (exact) mass is 361 g/mol. The quantitative estimate of drug-likeness (QED) is 0.879. The van der Waals surface area contributed by atoms with Crippen molar-refractivity contribution in [1.82, 2.24) is 15.2 Å². The highest BCUT2D eigenvalue weighted by atomic mass is 35.5. The molecule has 2 N–H and O–H groups in total. The molecule has 6 heteroatoms. The average Bonchev–Trinajstić information content (AvgIpc) is 2.90. The number of likely N-dealkylation sites (tertiary alicyclic amines) is 1. The molecular weight excluding hydrogens is 338 g/mol. The smallest absolute Gasteiger partial charge is 0.224 e. The molecule has 0 saturated carbocycles. The van der Waals surface area contributed by atoms with Crippen LogP contribution in [0.1, 0.15) is 31.0 Å². The Bertz CT molecular complexity index is 799. The summed E-state index contributed by atoms with van der Waals surface area (Å²) in [6.45, 7) is 5.47. The predicted molar refractivity (Wildman–Crippen MR) is 99.7 cm³/mol. The van der Waals surface area contributed by atoms with Gasteiger partial charge in [0.1, 0.15) is 0 Å². The molecule has 1 atom stereocenters. The summed E-state index contributed by atoms with van der Waals surface area (Å²) in [5.74, 6) is -0.0126. The van der Waals surface area contributed by atoms with Crippen LogP contribution in [-0.2, 0) is 16.0 Å². The van der Waals surface area contributed by atoms with Crippen LogP contribution in [0.4, 0.5) is 0 Å². The van der Waals surface area contributed by atoms with Gasteiger partial charge in [-0.15, -0.1) is 0 Å². The zero-order valence-electron chi connectivity index (χ0n) is 14.7. The molecule has 5 nitrogen and oxygen atoms in total. The van der Waals surface area contributed by atoms with Crippen molar-refractivity contribution in [2.24, 2.45) is 5.92 Å². The van der Waals surface area contributed by atoms with E-state index in [2.05, 4.69) is 10.3 Å². The van der Waals surface area contributed by atoms with Gasteiger partial charge in [0.05, 0.1) is 5.92 Å². The van der Waals surface area contributed by atoms with Gasteiger partial charge in [-0.2, -0.15) is 0 Å². The van der Waals surface area contributed by atoms with E-state index in [1.165, 1.54) is 5.56 Å². The first-order valence-corrected chi connectivity index (χ1v) is 9.13. The molecule has 1 fully saturated rings. The van der Waals surface area contributed by atoms with E-state index in [0.29, 0.717) is 18.1 Å². The van der Waals surface area contributed by atoms with Crippen molar-refractivity contribution < 1.29 is 9.59 Å². The van der Waals surface area contributed by atoms with Gasteiger partial charge in [-0.1, -0.05) is 11.6 Å². The van der Waals surface area contributed by atoms with Crippen molar-refractivity contribution in [3.63, 3.8) is 0 Å². The molecule has 3 rings (SSSR count). The zero-order chi connectivity index (χ0) is 18.0. The Hall–Kier alpha value is -2.01. The third-order valence-electron chi connectivity index (χ3n) is 4.99. The summed E-state index contributed by atoms with van der Waals surface area (Å²) >= 11 is 6.11. The van der Waals surface area contributed by atoms with E-state index in [1.54, 1.807) is 11.8 Å². The number of carbonyl (C=O) groups is 2. The highest BCUT2D eigenvalue weighted by Gasteiger charge is 2.26. The van der Waals surface area contributed by atoms with Crippen molar-refractivity contribution in [2.45, 2.75) is 33.1 Å². The Kier molecular flexibility index (Phi) is 5.33. The number of rotatable bonds is 4. The van der Waals surface area contributed by atoms with Crippen LogP contribution in [-0.4, -0.2) is 41.3 Å². The maximum atomic E-state index is 12.4. The molecule has 1 saturated heterocycles. The molecule has 1 aromatic carbocycles. The highest BCUT2D eigenvalue weighted by Crippen LogP contribution is 2.25. The summed E-state index contributed by atoms with van der Waals surface area (Å²) in [4.78, 5) is 29.0. The van der Waals surface area contributed by atoms with E-state index in [1.807, 2.05) is 25.1 Å². The number of carbonyl (C=O) groups excluding carboxylic acids is 2. The fourth-order valence-electron chi connectivity index (χ4n) is 3.61. The lowest BCUT2D eigenvalue weighted by Gasteiger charge is -2.31. The molecule has 1 aliphatic heterocycles. The van der Waals surface area contributed by atoms with Gasteiger partial charge in [0.25, 0.3) is 0 Å². The molecule has 134 valence electrons. The minimum absolute atomic E-state index is 0.0430. The number of nitrogens with zero attached hydrogens (tertiary/aromatic N) is 1. The lowest BCUT2D eigenvalue weighted by atomic mass is 9.97. The summed E-state index contributed by atoms with van der Waals surface area (Å²) in [7, 11) is 0. The zero-order valence-corrected chi connectivity index (χ0v) is 15.4. The molecule has 2 heterocycles. The van der Waals surface area contributed by atoms with Crippen LogP contribution in [0.15, 0.2) is 18.2 Å². The van der Waals surface area contributed by atoms with Gasteiger partial charge in [0, 0.05) is 48.2 Å². The number of benzene rings is 1. The first kappa shape index (κ1) is 17.8. The lowest BCUT2D eigenvalue weighted by Crippen LogP contribution is -2.45. The topological polar surface area (TPSA) is 65.2 Å². The number of amides is 2. The van der Waals surface area contributed by atoms with Crippen LogP contribution in [0.2, 0.25) is 5.02 Å². The van der Waals surface area contributed by atoms with Crippen LogP contribution >= 0.6 is 11.6 Å². The van der Waals surface area contributed by atoms with Crippen molar-refractivity contribution in [3.8, 4) is 0 Å². The lowest BCUT2D eigenvalue weighted by molar-refractivity contribution is -0.133. The molecule has 1 aromatic heterocycles. The number of aromatic nitrogens is 1. The fraction of sp³-hybridized carbons (Fsp3) is 0.474. The Labute approximate surface area is 152 Å². The number of nitrogens with one attached hydrogen (secondary N) is 2. The van der Waals surface area contributed by atoms with Gasteiger partial charge in [0.2, 0.25) is 11.8 Å². The Morgan fingerprint density at radius 2 is 2.20 bits per heavy atom. The summed E-state index contributed by atoms with van der Waals surface area (Å²) in [5, 5.41) is 4.86. The Morgan fingerprint density at radius 3 is 2.96 bits per heavy atom. The summed E-state index contributed by atoms with van der Waals surface area (Å²) in [5.41, 5.74) is 3.35. The third kappa shape index (κ3) is 3.98. The predicted octanol–water partition coefficient (Wildman–Crippen LogP) is 3.05. The van der Waals surface area contributed by atoms with Crippen molar-refractivity contribution in [3.05, 3.63) is 34.5 Å². The molecule has 0 radical (unpaired) electrons. The van der Waals surface area contributed by atoms with Crippen LogP contribution in [0.25, 0.3) is 10.9 Å². The number of piperidine rings is 1. The Morgan fingerprint density at radius 1 is 1.40 bits per heavy atom. The largest absolute Gasteiger partial charge is 0.358 e. The number of aryl methyl sites for hydroxylation is 1. The minimum Gasteiger partial charge on any atom is -0.358 e. The number of fused-ring (bicyclic) bond motifs is 1. The van der Waals surface area contributed by atoms with Crippen LogP contribution in [0, 0.1) is 12.8 Å². The molecule has 0 bridgehead atoms. The molecular formula is C19H24ClN3O2. The molecule has 25 heavy (non-hydrogen) atoms. The summed E-state index contributed by atoms with van der Waals surface area (Å²) in [6.07, 6.45) is 2.48. The van der Waals surface area contributed by atoms with E-state index in [9.17, 15) is 9.59 Å². The van der Waals surface area contributed by atoms with Gasteiger partial charge in [0.15, 0.2) is 0 Å². The second kappa shape index (κ2) is 7.48. The van der Waals surface area contributed by atoms with E-state index >= 15 is 0 Å². The Balaban J connectivity index is 1.59. The second-order valence-corrected chi connectivity index (χ2v) is 7.20. The molecule has 0 spiro atoms. The van der Waals surface area contributed by atoms with Gasteiger partial charge in [-0.25, -0.2) is 0 Å². The van der Waals surface area contributed by atoms with Crippen LogP contribution in [0.5, 0.6) is 0 Å². The van der Waals surface area contributed by atoms with Gasteiger partial charge >= 0.3 is 0 Å². The first-order valence-electron chi connectivity index (χ1n) is 8.75. The number of halogens is 1. The van der Waals surface area contributed by atoms with Crippen LogP contribution < -0.4 is 5.32 Å². The summed E-state index contributed by atoms with van der Waals surface area (Å²) < 4.78 is 0. The normalized spacial score (nSPS) is 17.7. The van der Waals surface area contributed by atoms with Crippen molar-refractivity contribution >= 4 is 34.3 Å². The molecule has 0 unspecified atom stereocenters. The second-order valence-electron chi connectivity index (χ2n) is 6.76. The maximum Gasteiger partial charge on any atom is 0.224 e. The van der Waals surface area contributed by atoms with Crippen molar-refractivity contribution in [2.75, 3.05) is 19.6 Å². The van der Waals surface area contributed by atoms with E-state index in [4.69, 9.17) is 11.6 Å². The van der Waals surface area contributed by atoms with Crippen molar-refractivity contribution in [1.29, 1.82) is 0 Å². The molecule has 2 amide bonds. The van der Waals surface area contributed by atoms with Gasteiger partial charge in [-0.05, 0) is 49.9 Å². The third-order valence-corrected chi connectivity index (χ3v) is 5.23. The first-order chi connectivity index (χ1) is 12.0. The highest BCUT2D eigenvalue weighted by molar-refractivity contribution is 6.31. The minimum atomic E-state index is -0.101. The molecule has 1 aliphatic rings. The van der Waals surface area contributed by atoms with Crippen LogP contribution in [0.3, 0.4) is 0 Å². The van der Waals surface area contributed by atoms with E-state index in [-0.39, 0.29) is 17.7 Å². The number of hydrogen-bond donors (Lipinski definition) is 2. The van der Waals surface area contributed by atoms with Gasteiger partial charge in [-0.3, -0.25) is 9.59 Å². The van der Waals surface area contributed by atoms with Gasteiger partial charge < -0.3 is 15.2 Å². The molecule has 2 aromatic rings. The number of aromatic amines is 1. The SMILES string of the molecule is CC(=O)N1CCC[C@H](C(=O)NCCc2c(C)[nH]c3ccc(Cl)cc23)C1. The summed E-state index contributed by atoms with van der Waals surface area (Å²) in [6, 6.07) is 5.81.